The maximum atomic E-state index is 12.7. The molecule has 0 saturated carbocycles. The van der Waals surface area contributed by atoms with Crippen molar-refractivity contribution in [2.24, 2.45) is 0 Å². The molecule has 1 fully saturated rings. The zero-order valence-corrected chi connectivity index (χ0v) is 15.9. The normalized spacial score (nSPS) is 16.7. The van der Waals surface area contributed by atoms with Crippen LogP contribution in [0.5, 0.6) is 0 Å². The molecule has 4 heteroatoms. The second kappa shape index (κ2) is 7.58. The summed E-state index contributed by atoms with van der Waals surface area (Å²) in [6.45, 7) is 3.84. The molecule has 1 aliphatic rings. The fraction of sp³-hybridized carbons (Fsp3) is 0.364. The standard InChI is InChI=1S/C22H24N2OS/c1-16(17-7-3-2-4-8-17)15-21(25)24-13-11-18(12-14-24)22-23-19-9-5-6-10-20(19)26-22/h2-10,16,18H,11-15H2,1H3/t16-/m1/s1. The van der Waals surface area contributed by atoms with E-state index < -0.39 is 0 Å². The number of nitrogens with zero attached hydrogens (tertiary/aromatic N) is 2. The molecule has 2 aromatic carbocycles. The molecule has 0 aliphatic carbocycles. The fourth-order valence-corrected chi connectivity index (χ4v) is 4.87. The highest BCUT2D eigenvalue weighted by Gasteiger charge is 2.26. The number of rotatable bonds is 4. The van der Waals surface area contributed by atoms with E-state index in [1.165, 1.54) is 15.3 Å². The number of hydrogen-bond donors (Lipinski definition) is 0. The third-order valence-electron chi connectivity index (χ3n) is 5.36. The number of benzene rings is 2. The molecule has 2 heterocycles. The summed E-state index contributed by atoms with van der Waals surface area (Å²) in [5.41, 5.74) is 2.34. The van der Waals surface area contributed by atoms with Gasteiger partial charge in [0.05, 0.1) is 15.2 Å². The number of para-hydroxylation sites is 1. The molecule has 3 nitrogen and oxygen atoms in total. The number of carbonyl (C=O) groups excluding carboxylic acids is 1. The van der Waals surface area contributed by atoms with E-state index in [2.05, 4.69) is 37.3 Å². The second-order valence-electron chi connectivity index (χ2n) is 7.19. The van der Waals surface area contributed by atoms with Crippen molar-refractivity contribution in [1.29, 1.82) is 0 Å². The molecule has 0 radical (unpaired) electrons. The predicted molar refractivity (Wildman–Crippen MR) is 108 cm³/mol. The van der Waals surface area contributed by atoms with Crippen molar-refractivity contribution in [3.63, 3.8) is 0 Å². The van der Waals surface area contributed by atoms with Crippen LogP contribution in [0.3, 0.4) is 0 Å². The largest absolute Gasteiger partial charge is 0.343 e. The topological polar surface area (TPSA) is 33.2 Å². The van der Waals surface area contributed by atoms with Gasteiger partial charge in [0.15, 0.2) is 0 Å². The van der Waals surface area contributed by atoms with Gasteiger partial charge >= 0.3 is 0 Å². The first-order chi connectivity index (χ1) is 12.7. The molecule has 1 amide bonds. The first kappa shape index (κ1) is 17.2. The van der Waals surface area contributed by atoms with E-state index in [-0.39, 0.29) is 11.8 Å². The van der Waals surface area contributed by atoms with Gasteiger partial charge in [0.25, 0.3) is 0 Å². The molecular weight excluding hydrogens is 340 g/mol. The predicted octanol–water partition coefficient (Wildman–Crippen LogP) is 5.20. The van der Waals surface area contributed by atoms with E-state index >= 15 is 0 Å². The van der Waals surface area contributed by atoms with Crippen LogP contribution in [-0.4, -0.2) is 28.9 Å². The Morgan fingerprint density at radius 3 is 2.54 bits per heavy atom. The maximum Gasteiger partial charge on any atom is 0.223 e. The van der Waals surface area contributed by atoms with Crippen molar-refractivity contribution >= 4 is 27.5 Å². The molecule has 134 valence electrons. The quantitative estimate of drug-likeness (QED) is 0.638. The lowest BCUT2D eigenvalue weighted by molar-refractivity contribution is -0.132. The zero-order chi connectivity index (χ0) is 17.9. The Labute approximate surface area is 158 Å². The molecule has 3 aromatic rings. The van der Waals surface area contributed by atoms with Gasteiger partial charge in [0, 0.05) is 25.4 Å². The van der Waals surface area contributed by atoms with Gasteiger partial charge in [-0.15, -0.1) is 11.3 Å². The smallest absolute Gasteiger partial charge is 0.223 e. The number of thiazole rings is 1. The lowest BCUT2D eigenvalue weighted by Gasteiger charge is -2.32. The minimum absolute atomic E-state index is 0.269. The Bertz CT molecular complexity index is 848. The first-order valence-electron chi connectivity index (χ1n) is 9.39. The van der Waals surface area contributed by atoms with Crippen molar-refractivity contribution in [3.8, 4) is 0 Å². The van der Waals surface area contributed by atoms with Crippen LogP contribution in [0.4, 0.5) is 0 Å². The fourth-order valence-electron chi connectivity index (χ4n) is 3.73. The van der Waals surface area contributed by atoms with E-state index in [9.17, 15) is 4.79 Å². The summed E-state index contributed by atoms with van der Waals surface area (Å²) in [4.78, 5) is 19.5. The van der Waals surface area contributed by atoms with E-state index in [0.29, 0.717) is 12.3 Å². The van der Waals surface area contributed by atoms with Crippen LogP contribution >= 0.6 is 11.3 Å². The van der Waals surface area contributed by atoms with Crippen LogP contribution in [0.25, 0.3) is 10.2 Å². The number of carbonyl (C=O) groups is 1. The highest BCUT2D eigenvalue weighted by Crippen LogP contribution is 2.34. The summed E-state index contributed by atoms with van der Waals surface area (Å²) >= 11 is 1.81. The Kier molecular flexibility index (Phi) is 5.02. The molecular formula is C22H24N2OS. The van der Waals surface area contributed by atoms with Gasteiger partial charge in [-0.1, -0.05) is 49.4 Å². The monoisotopic (exact) mass is 364 g/mol. The molecule has 1 saturated heterocycles. The summed E-state index contributed by atoms with van der Waals surface area (Å²) in [5, 5.41) is 1.23. The SMILES string of the molecule is C[C@H](CC(=O)N1CCC(c2nc3ccccc3s2)CC1)c1ccccc1. The van der Waals surface area contributed by atoms with Gasteiger partial charge in [-0.2, -0.15) is 0 Å². The van der Waals surface area contributed by atoms with Crippen LogP contribution in [-0.2, 0) is 4.79 Å². The molecule has 4 rings (SSSR count). The highest BCUT2D eigenvalue weighted by atomic mass is 32.1. The minimum Gasteiger partial charge on any atom is -0.343 e. The van der Waals surface area contributed by atoms with E-state index in [0.717, 1.165) is 31.4 Å². The number of aromatic nitrogens is 1. The molecule has 1 atom stereocenters. The summed E-state index contributed by atoms with van der Waals surface area (Å²) < 4.78 is 1.26. The number of hydrogen-bond acceptors (Lipinski definition) is 3. The zero-order valence-electron chi connectivity index (χ0n) is 15.1. The van der Waals surface area contributed by atoms with Gasteiger partial charge < -0.3 is 4.90 Å². The van der Waals surface area contributed by atoms with Gasteiger partial charge in [-0.05, 0) is 36.5 Å². The lowest BCUT2D eigenvalue weighted by atomic mass is 9.94. The summed E-state index contributed by atoms with van der Waals surface area (Å²) in [5.74, 6) is 1.04. The van der Waals surface area contributed by atoms with Crippen molar-refractivity contribution in [2.45, 2.75) is 38.0 Å². The van der Waals surface area contributed by atoms with Crippen LogP contribution in [0.2, 0.25) is 0 Å². The lowest BCUT2D eigenvalue weighted by Crippen LogP contribution is -2.38. The molecule has 26 heavy (non-hydrogen) atoms. The van der Waals surface area contributed by atoms with Crippen molar-refractivity contribution < 1.29 is 4.79 Å². The second-order valence-corrected chi connectivity index (χ2v) is 8.25. The number of fused-ring (bicyclic) bond motifs is 1. The number of likely N-dealkylation sites (tertiary alicyclic amines) is 1. The van der Waals surface area contributed by atoms with Crippen LogP contribution < -0.4 is 0 Å². The van der Waals surface area contributed by atoms with Gasteiger partial charge in [0.2, 0.25) is 5.91 Å². The third kappa shape index (κ3) is 3.65. The van der Waals surface area contributed by atoms with E-state index in [1.54, 1.807) is 11.3 Å². The van der Waals surface area contributed by atoms with Crippen LogP contribution in [0.1, 0.15) is 48.6 Å². The molecule has 0 bridgehead atoms. The molecule has 0 N–H and O–H groups in total. The summed E-state index contributed by atoms with van der Waals surface area (Å²) in [7, 11) is 0. The van der Waals surface area contributed by atoms with Crippen LogP contribution in [0, 0.1) is 0 Å². The van der Waals surface area contributed by atoms with Crippen molar-refractivity contribution in [1.82, 2.24) is 9.88 Å². The molecule has 1 aliphatic heterocycles. The van der Waals surface area contributed by atoms with Crippen molar-refractivity contribution in [2.75, 3.05) is 13.1 Å². The number of amides is 1. The van der Waals surface area contributed by atoms with Gasteiger partial charge in [0.1, 0.15) is 0 Å². The van der Waals surface area contributed by atoms with Crippen LogP contribution in [0.15, 0.2) is 54.6 Å². The van der Waals surface area contributed by atoms with Crippen molar-refractivity contribution in [3.05, 3.63) is 65.2 Å². The Morgan fingerprint density at radius 2 is 1.81 bits per heavy atom. The summed E-state index contributed by atoms with van der Waals surface area (Å²) in [6.07, 6.45) is 2.63. The third-order valence-corrected chi connectivity index (χ3v) is 6.56. The highest BCUT2D eigenvalue weighted by molar-refractivity contribution is 7.18. The molecule has 1 aromatic heterocycles. The Morgan fingerprint density at radius 1 is 1.12 bits per heavy atom. The average Bonchev–Trinajstić information content (AvgIpc) is 3.13. The van der Waals surface area contributed by atoms with E-state index in [4.69, 9.17) is 4.98 Å². The minimum atomic E-state index is 0.269. The maximum absolute atomic E-state index is 12.7. The molecule has 0 unspecified atom stereocenters. The van der Waals surface area contributed by atoms with E-state index in [1.807, 2.05) is 29.2 Å². The number of piperidine rings is 1. The average molecular weight is 365 g/mol. The first-order valence-corrected chi connectivity index (χ1v) is 10.2. The van der Waals surface area contributed by atoms with Gasteiger partial charge in [-0.3, -0.25) is 4.79 Å². The summed E-state index contributed by atoms with van der Waals surface area (Å²) in [6, 6.07) is 18.7. The Hall–Kier alpha value is -2.20. The molecule has 0 spiro atoms. The Balaban J connectivity index is 1.35. The van der Waals surface area contributed by atoms with Gasteiger partial charge in [-0.25, -0.2) is 4.98 Å².